The summed E-state index contributed by atoms with van der Waals surface area (Å²) in [6.07, 6.45) is 5.88. The molecule has 0 saturated carbocycles. The molecule has 0 bridgehead atoms. The van der Waals surface area contributed by atoms with E-state index in [0.717, 1.165) is 5.57 Å². The average molecular weight is 125 g/mol. The highest BCUT2D eigenvalue weighted by molar-refractivity contribution is 5.24. The van der Waals surface area contributed by atoms with Crippen LogP contribution in [0.1, 0.15) is 13.3 Å². The minimum Gasteiger partial charge on any atom is -0.372 e. The minimum atomic E-state index is -1.10. The zero-order chi connectivity index (χ0) is 6.91. The Kier molecular flexibility index (Phi) is 1.43. The van der Waals surface area contributed by atoms with Gasteiger partial charge < -0.3 is 10.8 Å². The van der Waals surface area contributed by atoms with Crippen LogP contribution in [0.5, 0.6) is 0 Å². The number of allylic oxidation sites excluding steroid dienone is 2. The number of hydrogen-bond donors (Lipinski definition) is 2. The molecule has 1 unspecified atom stereocenters. The molecule has 0 saturated heterocycles. The van der Waals surface area contributed by atoms with Gasteiger partial charge in [0.25, 0.3) is 0 Å². The topological polar surface area (TPSA) is 46.2 Å². The Labute approximate surface area is 54.7 Å². The third kappa shape index (κ3) is 1.66. The molecule has 50 valence electrons. The van der Waals surface area contributed by atoms with Crippen molar-refractivity contribution in [2.45, 2.75) is 19.1 Å². The molecule has 0 spiro atoms. The summed E-state index contributed by atoms with van der Waals surface area (Å²) in [7, 11) is 0. The van der Waals surface area contributed by atoms with Crippen molar-refractivity contribution < 1.29 is 5.11 Å². The Morgan fingerprint density at radius 2 is 2.44 bits per heavy atom. The zero-order valence-corrected chi connectivity index (χ0v) is 5.46. The molecule has 3 N–H and O–H groups in total. The molecule has 0 amide bonds. The van der Waals surface area contributed by atoms with Crippen molar-refractivity contribution in [1.82, 2.24) is 0 Å². The van der Waals surface area contributed by atoms with Gasteiger partial charge in [-0.2, -0.15) is 0 Å². The first kappa shape index (κ1) is 6.52. The predicted molar refractivity (Wildman–Crippen MR) is 36.7 cm³/mol. The summed E-state index contributed by atoms with van der Waals surface area (Å²) < 4.78 is 0. The molecule has 2 heteroatoms. The van der Waals surface area contributed by atoms with Gasteiger partial charge in [0.2, 0.25) is 0 Å². The van der Waals surface area contributed by atoms with Gasteiger partial charge >= 0.3 is 0 Å². The predicted octanol–water partition coefficient (Wildman–Crippen LogP) is 0.540. The van der Waals surface area contributed by atoms with E-state index in [9.17, 15) is 0 Å². The average Bonchev–Trinajstić information content (AvgIpc) is 1.78. The second-order valence-electron chi connectivity index (χ2n) is 2.48. The maximum Gasteiger partial charge on any atom is 0.136 e. The third-order valence-corrected chi connectivity index (χ3v) is 1.39. The maximum atomic E-state index is 9.14. The van der Waals surface area contributed by atoms with Gasteiger partial charge in [-0.15, -0.1) is 0 Å². The van der Waals surface area contributed by atoms with Crippen LogP contribution in [0.4, 0.5) is 0 Å². The largest absolute Gasteiger partial charge is 0.372 e. The van der Waals surface area contributed by atoms with E-state index in [1.807, 2.05) is 19.1 Å². The van der Waals surface area contributed by atoms with Gasteiger partial charge in [0.15, 0.2) is 0 Å². The molecule has 0 radical (unpaired) electrons. The molecule has 0 aliphatic heterocycles. The molecular formula is C7H11NO. The van der Waals surface area contributed by atoms with Crippen LogP contribution in [-0.4, -0.2) is 10.8 Å². The van der Waals surface area contributed by atoms with E-state index in [-0.39, 0.29) is 0 Å². The number of hydrogen-bond acceptors (Lipinski definition) is 2. The molecule has 1 aliphatic carbocycles. The Balaban J connectivity index is 2.70. The zero-order valence-electron chi connectivity index (χ0n) is 5.46. The number of aliphatic hydroxyl groups is 1. The number of rotatable bonds is 0. The smallest absolute Gasteiger partial charge is 0.136 e. The van der Waals surface area contributed by atoms with Crippen molar-refractivity contribution in [1.29, 1.82) is 0 Å². The van der Waals surface area contributed by atoms with E-state index in [0.29, 0.717) is 6.42 Å². The van der Waals surface area contributed by atoms with Crippen LogP contribution in [0.2, 0.25) is 0 Å². The molecule has 0 aromatic rings. The summed E-state index contributed by atoms with van der Waals surface area (Å²) in [5.41, 5.74) is 5.42. The minimum absolute atomic E-state index is 0.523. The summed E-state index contributed by atoms with van der Waals surface area (Å²) in [6, 6.07) is 0. The lowest BCUT2D eigenvalue weighted by molar-refractivity contribution is 0.100. The lowest BCUT2D eigenvalue weighted by atomic mass is 10.0. The molecule has 1 aliphatic rings. The highest BCUT2D eigenvalue weighted by Gasteiger charge is 2.16. The molecule has 1 atom stereocenters. The summed E-state index contributed by atoms with van der Waals surface area (Å²) in [4.78, 5) is 0. The Morgan fingerprint density at radius 1 is 1.78 bits per heavy atom. The van der Waals surface area contributed by atoms with Crippen LogP contribution in [-0.2, 0) is 0 Å². The van der Waals surface area contributed by atoms with Gasteiger partial charge in [0, 0.05) is 6.42 Å². The summed E-state index contributed by atoms with van der Waals surface area (Å²) in [5, 5.41) is 9.14. The van der Waals surface area contributed by atoms with Crippen molar-refractivity contribution in [3.8, 4) is 0 Å². The Bertz CT molecular complexity index is 168. The summed E-state index contributed by atoms with van der Waals surface area (Å²) in [6.45, 7) is 1.98. The van der Waals surface area contributed by atoms with Crippen molar-refractivity contribution in [2.75, 3.05) is 0 Å². The lowest BCUT2D eigenvalue weighted by Crippen LogP contribution is -2.37. The first-order valence-electron chi connectivity index (χ1n) is 2.97. The van der Waals surface area contributed by atoms with Gasteiger partial charge in [-0.1, -0.05) is 17.7 Å². The van der Waals surface area contributed by atoms with E-state index < -0.39 is 5.72 Å². The molecule has 1 rings (SSSR count). The van der Waals surface area contributed by atoms with Crippen LogP contribution in [0.3, 0.4) is 0 Å². The van der Waals surface area contributed by atoms with Crippen LogP contribution in [0, 0.1) is 0 Å². The normalized spacial score (nSPS) is 34.3. The fraction of sp³-hybridized carbons (Fsp3) is 0.429. The highest BCUT2D eigenvalue weighted by Crippen LogP contribution is 2.14. The monoisotopic (exact) mass is 125 g/mol. The summed E-state index contributed by atoms with van der Waals surface area (Å²) >= 11 is 0. The van der Waals surface area contributed by atoms with Crippen molar-refractivity contribution >= 4 is 0 Å². The van der Waals surface area contributed by atoms with Crippen molar-refractivity contribution in [3.05, 3.63) is 23.8 Å². The SMILES string of the molecule is CC1=CCC(N)(O)C=C1. The molecule has 0 fully saturated rings. The van der Waals surface area contributed by atoms with E-state index in [1.54, 1.807) is 6.08 Å². The van der Waals surface area contributed by atoms with Crippen LogP contribution < -0.4 is 5.73 Å². The quantitative estimate of drug-likeness (QED) is 0.464. The molecule has 2 nitrogen and oxygen atoms in total. The standard InChI is InChI=1S/C7H11NO/c1-6-2-4-7(8,9)5-3-6/h2-4,9H,5,8H2,1H3. The molecule has 9 heavy (non-hydrogen) atoms. The van der Waals surface area contributed by atoms with Crippen LogP contribution in [0.15, 0.2) is 23.8 Å². The fourth-order valence-corrected chi connectivity index (χ4v) is 0.736. The highest BCUT2D eigenvalue weighted by atomic mass is 16.3. The van der Waals surface area contributed by atoms with Gasteiger partial charge in [0.1, 0.15) is 5.72 Å². The van der Waals surface area contributed by atoms with Crippen LogP contribution in [0.25, 0.3) is 0 Å². The molecule has 0 aromatic carbocycles. The molecule has 0 heterocycles. The summed E-state index contributed by atoms with van der Waals surface area (Å²) in [5.74, 6) is 0. The van der Waals surface area contributed by atoms with Crippen molar-refractivity contribution in [3.63, 3.8) is 0 Å². The van der Waals surface area contributed by atoms with E-state index >= 15 is 0 Å². The second-order valence-corrected chi connectivity index (χ2v) is 2.48. The Hall–Kier alpha value is -0.600. The van der Waals surface area contributed by atoms with Gasteiger partial charge in [0.05, 0.1) is 0 Å². The van der Waals surface area contributed by atoms with Gasteiger partial charge in [-0.05, 0) is 13.0 Å². The Morgan fingerprint density at radius 3 is 2.78 bits per heavy atom. The van der Waals surface area contributed by atoms with Crippen molar-refractivity contribution in [2.24, 2.45) is 5.73 Å². The van der Waals surface area contributed by atoms with Gasteiger partial charge in [-0.25, -0.2) is 0 Å². The second kappa shape index (κ2) is 1.97. The maximum absolute atomic E-state index is 9.14. The molecular weight excluding hydrogens is 114 g/mol. The first-order valence-corrected chi connectivity index (χ1v) is 2.97. The fourth-order valence-electron chi connectivity index (χ4n) is 0.736. The van der Waals surface area contributed by atoms with Crippen LogP contribution >= 0.6 is 0 Å². The van der Waals surface area contributed by atoms with E-state index in [4.69, 9.17) is 10.8 Å². The first-order chi connectivity index (χ1) is 4.10. The van der Waals surface area contributed by atoms with E-state index in [1.165, 1.54) is 0 Å². The lowest BCUT2D eigenvalue weighted by Gasteiger charge is -2.19. The molecule has 0 aromatic heterocycles. The van der Waals surface area contributed by atoms with E-state index in [2.05, 4.69) is 0 Å². The number of nitrogens with two attached hydrogens (primary N) is 1. The third-order valence-electron chi connectivity index (χ3n) is 1.39. The van der Waals surface area contributed by atoms with Gasteiger partial charge in [-0.3, -0.25) is 0 Å².